The van der Waals surface area contributed by atoms with Crippen molar-refractivity contribution in [2.45, 2.75) is 20.0 Å². The summed E-state index contributed by atoms with van der Waals surface area (Å²) in [4.78, 5) is 12.0. The SMILES string of the molecule is CC(C)Oc1ccccc1/C=N/NC(=O)c1ccccc1Cl. The van der Waals surface area contributed by atoms with Gasteiger partial charge in [0.1, 0.15) is 5.75 Å². The standard InChI is InChI=1S/C17H17ClN2O2/c1-12(2)22-16-10-6-3-7-13(16)11-19-20-17(21)14-8-4-5-9-15(14)18/h3-12H,1-2H3,(H,20,21)/b19-11+. The smallest absolute Gasteiger partial charge is 0.272 e. The Balaban J connectivity index is 2.07. The van der Waals surface area contributed by atoms with Crippen LogP contribution in [-0.2, 0) is 0 Å². The summed E-state index contributed by atoms with van der Waals surface area (Å²) in [6.45, 7) is 3.90. The average molecular weight is 317 g/mol. The lowest BCUT2D eigenvalue weighted by Gasteiger charge is -2.11. The summed E-state index contributed by atoms with van der Waals surface area (Å²) in [6.07, 6.45) is 1.61. The van der Waals surface area contributed by atoms with Gasteiger partial charge in [-0.1, -0.05) is 35.9 Å². The van der Waals surface area contributed by atoms with Gasteiger partial charge in [-0.3, -0.25) is 4.79 Å². The van der Waals surface area contributed by atoms with Gasteiger partial charge in [-0.15, -0.1) is 0 Å². The molecule has 0 spiro atoms. The molecule has 0 saturated heterocycles. The molecule has 0 radical (unpaired) electrons. The van der Waals surface area contributed by atoms with Crippen LogP contribution in [0.5, 0.6) is 5.75 Å². The highest BCUT2D eigenvalue weighted by Crippen LogP contribution is 2.17. The lowest BCUT2D eigenvalue weighted by atomic mass is 10.2. The Morgan fingerprint density at radius 3 is 2.59 bits per heavy atom. The van der Waals surface area contributed by atoms with Crippen molar-refractivity contribution in [3.05, 3.63) is 64.7 Å². The first kappa shape index (κ1) is 16.0. The molecule has 0 aliphatic carbocycles. The van der Waals surface area contributed by atoms with Crippen molar-refractivity contribution in [3.8, 4) is 5.75 Å². The predicted molar refractivity (Wildman–Crippen MR) is 88.7 cm³/mol. The minimum Gasteiger partial charge on any atom is -0.490 e. The number of nitrogens with one attached hydrogen (secondary N) is 1. The van der Waals surface area contributed by atoms with Crippen molar-refractivity contribution in [1.29, 1.82) is 0 Å². The monoisotopic (exact) mass is 316 g/mol. The average Bonchev–Trinajstić information content (AvgIpc) is 2.49. The molecule has 0 aliphatic rings. The van der Waals surface area contributed by atoms with Gasteiger partial charge in [-0.05, 0) is 38.1 Å². The van der Waals surface area contributed by atoms with E-state index in [9.17, 15) is 4.79 Å². The van der Waals surface area contributed by atoms with Crippen molar-refractivity contribution < 1.29 is 9.53 Å². The van der Waals surface area contributed by atoms with Crippen LogP contribution in [0, 0.1) is 0 Å². The van der Waals surface area contributed by atoms with Crippen LogP contribution in [0.1, 0.15) is 29.8 Å². The summed E-state index contributed by atoms with van der Waals surface area (Å²) in [5, 5.41) is 4.35. The van der Waals surface area contributed by atoms with E-state index in [2.05, 4.69) is 10.5 Å². The highest BCUT2D eigenvalue weighted by Gasteiger charge is 2.08. The largest absolute Gasteiger partial charge is 0.490 e. The van der Waals surface area contributed by atoms with Crippen LogP contribution in [0.4, 0.5) is 0 Å². The van der Waals surface area contributed by atoms with E-state index in [1.165, 1.54) is 0 Å². The topological polar surface area (TPSA) is 50.7 Å². The zero-order chi connectivity index (χ0) is 15.9. The van der Waals surface area contributed by atoms with Crippen LogP contribution >= 0.6 is 11.6 Å². The van der Waals surface area contributed by atoms with E-state index in [0.717, 1.165) is 5.56 Å². The molecule has 0 saturated carbocycles. The first-order valence-electron chi connectivity index (χ1n) is 6.91. The highest BCUT2D eigenvalue weighted by atomic mass is 35.5. The zero-order valence-electron chi connectivity index (χ0n) is 12.4. The number of hydrazone groups is 1. The number of ether oxygens (including phenoxy) is 1. The third kappa shape index (κ3) is 4.33. The molecule has 0 fully saturated rings. The summed E-state index contributed by atoms with van der Waals surface area (Å²) in [6, 6.07) is 14.3. The molecule has 0 unspecified atom stereocenters. The molecular formula is C17H17ClN2O2. The molecule has 114 valence electrons. The maximum absolute atomic E-state index is 12.0. The Morgan fingerprint density at radius 2 is 1.86 bits per heavy atom. The summed E-state index contributed by atoms with van der Waals surface area (Å²) < 4.78 is 5.68. The number of carbonyl (C=O) groups excluding carboxylic acids is 1. The summed E-state index contributed by atoms with van der Waals surface area (Å²) in [5.74, 6) is 0.359. The molecule has 0 atom stereocenters. The molecule has 0 bridgehead atoms. The first-order valence-corrected chi connectivity index (χ1v) is 7.29. The van der Waals surface area contributed by atoms with Gasteiger partial charge in [0.25, 0.3) is 5.91 Å². The number of carbonyl (C=O) groups is 1. The van der Waals surface area contributed by atoms with E-state index in [-0.39, 0.29) is 12.0 Å². The van der Waals surface area contributed by atoms with Gasteiger partial charge in [0.2, 0.25) is 0 Å². The molecule has 0 heterocycles. The summed E-state index contributed by atoms with van der Waals surface area (Å²) in [7, 11) is 0. The molecule has 1 amide bonds. The second-order valence-corrected chi connectivity index (χ2v) is 5.29. The minimum atomic E-state index is -0.357. The highest BCUT2D eigenvalue weighted by molar-refractivity contribution is 6.33. The van der Waals surface area contributed by atoms with Crippen LogP contribution in [0.2, 0.25) is 5.02 Å². The number of rotatable bonds is 5. The van der Waals surface area contributed by atoms with Crippen LogP contribution in [0.15, 0.2) is 53.6 Å². The number of halogens is 1. The summed E-state index contributed by atoms with van der Waals surface area (Å²) in [5.41, 5.74) is 3.63. The second-order valence-electron chi connectivity index (χ2n) is 4.88. The number of nitrogens with zero attached hydrogens (tertiary/aromatic N) is 1. The molecule has 2 aromatic carbocycles. The Bertz CT molecular complexity index is 684. The maximum Gasteiger partial charge on any atom is 0.272 e. The predicted octanol–water partition coefficient (Wildman–Crippen LogP) is 3.89. The molecule has 0 aromatic heterocycles. The third-order valence-corrected chi connectivity index (χ3v) is 3.10. The van der Waals surface area contributed by atoms with Crippen LogP contribution in [0.3, 0.4) is 0 Å². The third-order valence-electron chi connectivity index (χ3n) is 2.77. The van der Waals surface area contributed by atoms with Gasteiger partial charge in [0.15, 0.2) is 0 Å². The maximum atomic E-state index is 12.0. The molecule has 4 nitrogen and oxygen atoms in total. The lowest BCUT2D eigenvalue weighted by Crippen LogP contribution is -2.18. The number of hydrogen-bond donors (Lipinski definition) is 1. The van der Waals surface area contributed by atoms with E-state index in [4.69, 9.17) is 16.3 Å². The van der Waals surface area contributed by atoms with Gasteiger partial charge in [0, 0.05) is 5.56 Å². The normalized spacial score (nSPS) is 10.9. The molecule has 1 N–H and O–H groups in total. The van der Waals surface area contributed by atoms with Gasteiger partial charge >= 0.3 is 0 Å². The van der Waals surface area contributed by atoms with E-state index >= 15 is 0 Å². The van der Waals surface area contributed by atoms with Gasteiger partial charge in [-0.25, -0.2) is 5.43 Å². The van der Waals surface area contributed by atoms with Gasteiger partial charge in [0.05, 0.1) is 22.9 Å². The number of benzene rings is 2. The molecule has 22 heavy (non-hydrogen) atoms. The summed E-state index contributed by atoms with van der Waals surface area (Å²) >= 11 is 5.96. The fraction of sp³-hybridized carbons (Fsp3) is 0.176. The van der Waals surface area contributed by atoms with E-state index < -0.39 is 0 Å². The second kappa shape index (κ2) is 7.61. The fourth-order valence-corrected chi connectivity index (χ4v) is 2.04. The Kier molecular flexibility index (Phi) is 5.55. The zero-order valence-corrected chi connectivity index (χ0v) is 13.2. The molecule has 0 aliphatic heterocycles. The van der Waals surface area contributed by atoms with Crippen molar-refractivity contribution in [2.24, 2.45) is 5.10 Å². The molecular weight excluding hydrogens is 300 g/mol. The van der Waals surface area contributed by atoms with Crippen LogP contribution < -0.4 is 10.2 Å². The lowest BCUT2D eigenvalue weighted by molar-refractivity contribution is 0.0955. The Hall–Kier alpha value is -2.33. The number of hydrogen-bond acceptors (Lipinski definition) is 3. The van der Waals surface area contributed by atoms with Crippen molar-refractivity contribution in [3.63, 3.8) is 0 Å². The molecule has 2 aromatic rings. The van der Waals surface area contributed by atoms with Crippen molar-refractivity contribution in [2.75, 3.05) is 0 Å². The van der Waals surface area contributed by atoms with Crippen molar-refractivity contribution >= 4 is 23.7 Å². The van der Waals surface area contributed by atoms with Gasteiger partial charge < -0.3 is 4.74 Å². The Labute approximate surface area is 134 Å². The molecule has 2 rings (SSSR count). The van der Waals surface area contributed by atoms with Gasteiger partial charge in [-0.2, -0.15) is 5.10 Å². The van der Waals surface area contributed by atoms with E-state index in [1.807, 2.05) is 38.1 Å². The fourth-order valence-electron chi connectivity index (χ4n) is 1.81. The van der Waals surface area contributed by atoms with Crippen LogP contribution in [0.25, 0.3) is 0 Å². The molecule has 5 heteroatoms. The quantitative estimate of drug-likeness (QED) is 0.672. The van der Waals surface area contributed by atoms with E-state index in [1.54, 1.807) is 30.5 Å². The number of amides is 1. The Morgan fingerprint density at radius 1 is 1.18 bits per heavy atom. The minimum absolute atomic E-state index is 0.0623. The number of para-hydroxylation sites is 1. The van der Waals surface area contributed by atoms with Crippen molar-refractivity contribution in [1.82, 2.24) is 5.43 Å². The first-order chi connectivity index (χ1) is 10.6. The van der Waals surface area contributed by atoms with Crippen LogP contribution in [-0.4, -0.2) is 18.2 Å². The van der Waals surface area contributed by atoms with E-state index in [0.29, 0.717) is 16.3 Å².